The van der Waals surface area contributed by atoms with Crippen LogP contribution in [0.4, 0.5) is 23.0 Å². The number of aromatic nitrogens is 3. The fraction of sp³-hybridized carbons (Fsp3) is 0.294. The number of nitro groups is 1. The van der Waals surface area contributed by atoms with E-state index in [1.165, 1.54) is 6.07 Å². The highest BCUT2D eigenvalue weighted by molar-refractivity contribution is 5.83. The molecule has 4 rings (SSSR count). The van der Waals surface area contributed by atoms with E-state index < -0.39 is 4.92 Å². The van der Waals surface area contributed by atoms with Crippen LogP contribution in [0.15, 0.2) is 36.5 Å². The molecule has 0 aliphatic carbocycles. The number of aliphatic hydroxyl groups is 1. The smallest absolute Gasteiger partial charge is 0.311 e. The number of fused-ring (bicyclic) bond motifs is 1. The third-order valence-corrected chi connectivity index (χ3v) is 4.55. The van der Waals surface area contributed by atoms with E-state index in [0.29, 0.717) is 37.4 Å². The van der Waals surface area contributed by atoms with E-state index in [0.717, 1.165) is 10.9 Å². The summed E-state index contributed by atoms with van der Waals surface area (Å²) in [6, 6.07) is 8.64. The summed E-state index contributed by atoms with van der Waals surface area (Å²) >= 11 is 0. The highest BCUT2D eigenvalue weighted by Crippen LogP contribution is 2.30. The van der Waals surface area contributed by atoms with Gasteiger partial charge in [-0.2, -0.15) is 5.10 Å². The highest BCUT2D eigenvalue weighted by Gasteiger charge is 2.22. The van der Waals surface area contributed by atoms with E-state index in [1.807, 2.05) is 23.1 Å². The zero-order valence-electron chi connectivity index (χ0n) is 13.9. The molecule has 1 aliphatic rings. The number of hydrogen-bond donors (Lipinski definition) is 3. The number of benzene rings is 1. The molecule has 3 heterocycles. The first kappa shape index (κ1) is 16.3. The number of nitrogens with zero attached hydrogens (tertiary/aromatic N) is 4. The number of H-pyrrole nitrogens is 1. The minimum Gasteiger partial charge on any atom is -0.393 e. The van der Waals surface area contributed by atoms with Gasteiger partial charge < -0.3 is 15.3 Å². The minimum absolute atomic E-state index is 0.0851. The standard InChI is InChI=1S/C17H18N6O3/c24-13-5-7-22(8-6-13)16-4-3-15(23(25)26)17(20-16)19-12-1-2-14-11(9-12)10-18-21-14/h1-4,9-10,13,24H,5-8H2,(H,18,21)(H,19,20). The van der Waals surface area contributed by atoms with Crippen LogP contribution in [-0.2, 0) is 0 Å². The molecule has 3 aromatic rings. The molecular weight excluding hydrogens is 336 g/mol. The number of piperidine rings is 1. The van der Waals surface area contributed by atoms with Gasteiger partial charge in [0.25, 0.3) is 0 Å². The Bertz CT molecular complexity index is 949. The molecule has 3 N–H and O–H groups in total. The van der Waals surface area contributed by atoms with Crippen LogP contribution in [0, 0.1) is 10.1 Å². The van der Waals surface area contributed by atoms with Crippen LogP contribution in [0.25, 0.3) is 10.9 Å². The number of nitrogens with one attached hydrogen (secondary N) is 2. The van der Waals surface area contributed by atoms with E-state index in [1.54, 1.807) is 12.3 Å². The van der Waals surface area contributed by atoms with Crippen molar-refractivity contribution < 1.29 is 10.0 Å². The van der Waals surface area contributed by atoms with Gasteiger partial charge in [0.05, 0.1) is 22.7 Å². The largest absolute Gasteiger partial charge is 0.393 e. The minimum atomic E-state index is -0.449. The Labute approximate surface area is 148 Å². The monoisotopic (exact) mass is 354 g/mol. The molecule has 1 aliphatic heterocycles. The quantitative estimate of drug-likeness (QED) is 0.486. The number of hydrogen-bond acceptors (Lipinski definition) is 7. The molecule has 2 aromatic heterocycles. The predicted octanol–water partition coefficient (Wildman–Crippen LogP) is 2.57. The molecule has 9 heteroatoms. The fourth-order valence-corrected chi connectivity index (χ4v) is 3.11. The van der Waals surface area contributed by atoms with Gasteiger partial charge in [-0.15, -0.1) is 0 Å². The Morgan fingerprint density at radius 3 is 2.85 bits per heavy atom. The average molecular weight is 354 g/mol. The van der Waals surface area contributed by atoms with E-state index in [4.69, 9.17) is 0 Å². The zero-order chi connectivity index (χ0) is 18.1. The van der Waals surface area contributed by atoms with Gasteiger partial charge in [-0.25, -0.2) is 4.98 Å². The van der Waals surface area contributed by atoms with Gasteiger partial charge >= 0.3 is 5.69 Å². The van der Waals surface area contributed by atoms with Crippen molar-refractivity contribution in [2.75, 3.05) is 23.3 Å². The average Bonchev–Trinajstić information content (AvgIpc) is 3.10. The fourth-order valence-electron chi connectivity index (χ4n) is 3.11. The van der Waals surface area contributed by atoms with Crippen molar-refractivity contribution in [1.82, 2.24) is 15.2 Å². The molecule has 0 bridgehead atoms. The molecule has 0 atom stereocenters. The van der Waals surface area contributed by atoms with Crippen LogP contribution in [0.5, 0.6) is 0 Å². The molecular formula is C17H18N6O3. The van der Waals surface area contributed by atoms with Crippen LogP contribution in [0.3, 0.4) is 0 Å². The first-order chi connectivity index (χ1) is 12.6. The number of pyridine rings is 1. The van der Waals surface area contributed by atoms with Crippen molar-refractivity contribution in [3.63, 3.8) is 0 Å². The Hall–Kier alpha value is -3.20. The summed E-state index contributed by atoms with van der Waals surface area (Å²) in [5.74, 6) is 0.857. The van der Waals surface area contributed by atoms with Gasteiger partial charge in [-0.3, -0.25) is 15.2 Å². The Kier molecular flexibility index (Phi) is 4.13. The zero-order valence-corrected chi connectivity index (χ0v) is 13.9. The van der Waals surface area contributed by atoms with Crippen LogP contribution in [0.2, 0.25) is 0 Å². The topological polar surface area (TPSA) is 120 Å². The van der Waals surface area contributed by atoms with E-state index >= 15 is 0 Å². The molecule has 9 nitrogen and oxygen atoms in total. The Balaban J connectivity index is 1.65. The summed E-state index contributed by atoms with van der Waals surface area (Å²) < 4.78 is 0. The summed E-state index contributed by atoms with van der Waals surface area (Å²) in [4.78, 5) is 17.4. The summed E-state index contributed by atoms with van der Waals surface area (Å²) in [6.45, 7) is 1.35. The lowest BCUT2D eigenvalue weighted by Gasteiger charge is -2.30. The van der Waals surface area contributed by atoms with E-state index in [2.05, 4.69) is 20.5 Å². The SMILES string of the molecule is O=[N+]([O-])c1ccc(N2CCC(O)CC2)nc1Nc1ccc2[nH]ncc2c1. The summed E-state index contributed by atoms with van der Waals surface area (Å²) in [7, 11) is 0. The number of aromatic amines is 1. The number of rotatable bonds is 4. The van der Waals surface area contributed by atoms with Crippen LogP contribution >= 0.6 is 0 Å². The van der Waals surface area contributed by atoms with Gasteiger partial charge in [0, 0.05) is 30.2 Å². The van der Waals surface area contributed by atoms with E-state index in [9.17, 15) is 15.2 Å². The lowest BCUT2D eigenvalue weighted by Crippen LogP contribution is -2.36. The predicted molar refractivity (Wildman–Crippen MR) is 97.7 cm³/mol. The summed E-state index contributed by atoms with van der Waals surface area (Å²) in [5.41, 5.74) is 1.50. The van der Waals surface area contributed by atoms with Crippen molar-refractivity contribution in [2.45, 2.75) is 18.9 Å². The maximum Gasteiger partial charge on any atom is 0.311 e. The molecule has 1 fully saturated rings. The van der Waals surface area contributed by atoms with E-state index in [-0.39, 0.29) is 17.6 Å². The number of anilines is 3. The van der Waals surface area contributed by atoms with Gasteiger partial charge in [-0.05, 0) is 37.1 Å². The van der Waals surface area contributed by atoms with Gasteiger partial charge in [0.15, 0.2) is 0 Å². The van der Waals surface area contributed by atoms with Gasteiger partial charge in [0.1, 0.15) is 5.82 Å². The Morgan fingerprint density at radius 1 is 1.27 bits per heavy atom. The number of aliphatic hydroxyl groups excluding tert-OH is 1. The molecule has 0 unspecified atom stereocenters. The highest BCUT2D eigenvalue weighted by atomic mass is 16.6. The van der Waals surface area contributed by atoms with Crippen LogP contribution in [0.1, 0.15) is 12.8 Å². The Morgan fingerprint density at radius 2 is 2.08 bits per heavy atom. The third-order valence-electron chi connectivity index (χ3n) is 4.55. The molecule has 0 spiro atoms. The molecule has 134 valence electrons. The second kappa shape index (κ2) is 6.60. The van der Waals surface area contributed by atoms with Crippen molar-refractivity contribution in [2.24, 2.45) is 0 Å². The normalized spacial score (nSPS) is 15.3. The molecule has 0 radical (unpaired) electrons. The molecule has 0 saturated carbocycles. The summed E-state index contributed by atoms with van der Waals surface area (Å²) in [5, 5.41) is 31.8. The molecule has 0 amide bonds. The first-order valence-corrected chi connectivity index (χ1v) is 8.39. The summed E-state index contributed by atoms with van der Waals surface area (Å²) in [6.07, 6.45) is 2.73. The maximum atomic E-state index is 11.4. The van der Waals surface area contributed by atoms with Crippen LogP contribution in [-0.4, -0.2) is 44.4 Å². The third kappa shape index (κ3) is 3.16. The molecule has 1 aromatic carbocycles. The second-order valence-corrected chi connectivity index (χ2v) is 6.31. The molecule has 1 saturated heterocycles. The lowest BCUT2D eigenvalue weighted by molar-refractivity contribution is -0.384. The van der Waals surface area contributed by atoms with Gasteiger partial charge in [-0.1, -0.05) is 0 Å². The first-order valence-electron chi connectivity index (χ1n) is 8.39. The lowest BCUT2D eigenvalue weighted by atomic mass is 10.1. The molecule has 26 heavy (non-hydrogen) atoms. The maximum absolute atomic E-state index is 11.4. The second-order valence-electron chi connectivity index (χ2n) is 6.31. The van der Waals surface area contributed by atoms with Crippen molar-refractivity contribution in [3.05, 3.63) is 46.6 Å². The van der Waals surface area contributed by atoms with Crippen LogP contribution < -0.4 is 10.2 Å². The van der Waals surface area contributed by atoms with Gasteiger partial charge in [0.2, 0.25) is 5.82 Å². The van der Waals surface area contributed by atoms with Crippen molar-refractivity contribution in [3.8, 4) is 0 Å². The van der Waals surface area contributed by atoms with Crippen molar-refractivity contribution in [1.29, 1.82) is 0 Å². The van der Waals surface area contributed by atoms with Crippen molar-refractivity contribution >= 4 is 33.9 Å².